The van der Waals surface area contributed by atoms with Gasteiger partial charge in [-0.1, -0.05) is 192 Å². The fraction of sp³-hybridized carbons (Fsp3) is 0.883. The van der Waals surface area contributed by atoms with Crippen molar-refractivity contribution in [2.75, 3.05) is 26.4 Å². The second-order valence-electron chi connectivity index (χ2n) is 22.2. The van der Waals surface area contributed by atoms with Crippen LogP contribution in [0.15, 0.2) is 36.5 Å². The van der Waals surface area contributed by atoms with Crippen molar-refractivity contribution in [2.24, 2.45) is 0 Å². The summed E-state index contributed by atoms with van der Waals surface area (Å²) in [6.45, 7) is 1.47. The van der Waals surface area contributed by atoms with E-state index in [9.17, 15) is 61.0 Å². The number of ether oxygens (including phenoxy) is 6. The number of carbonyl (C=O) groups excluding carboxylic acids is 1. The number of rotatable bonds is 45. The molecule has 3 fully saturated rings. The van der Waals surface area contributed by atoms with Crippen molar-refractivity contribution in [1.82, 2.24) is 5.32 Å². The molecule has 3 rings (SSSR count). The zero-order chi connectivity index (χ0) is 57.6. The van der Waals surface area contributed by atoms with E-state index in [1.165, 1.54) is 141 Å². The number of aliphatic hydroxyl groups excluding tert-OH is 11. The van der Waals surface area contributed by atoms with Crippen LogP contribution < -0.4 is 5.32 Å². The van der Waals surface area contributed by atoms with Gasteiger partial charge in [0, 0.05) is 6.42 Å². The number of carbonyl (C=O) groups is 1. The lowest BCUT2D eigenvalue weighted by Gasteiger charge is -2.48. The summed E-state index contributed by atoms with van der Waals surface area (Å²) in [6.07, 6.45) is 21.5. The first kappa shape index (κ1) is 71.3. The van der Waals surface area contributed by atoms with Gasteiger partial charge in [0.1, 0.15) is 73.2 Å². The van der Waals surface area contributed by atoms with Gasteiger partial charge in [0.15, 0.2) is 18.9 Å². The van der Waals surface area contributed by atoms with E-state index in [0.717, 1.165) is 32.1 Å². The third-order valence-corrected chi connectivity index (χ3v) is 15.4. The van der Waals surface area contributed by atoms with E-state index in [-0.39, 0.29) is 18.9 Å². The summed E-state index contributed by atoms with van der Waals surface area (Å²) in [7, 11) is 0. The maximum atomic E-state index is 13.1. The third kappa shape index (κ3) is 27.5. The molecule has 1 amide bonds. The Morgan fingerprint density at radius 3 is 1.32 bits per heavy atom. The summed E-state index contributed by atoms with van der Waals surface area (Å²) in [5.74, 6) is -0.287. The number of amides is 1. The smallest absolute Gasteiger partial charge is 0.220 e. The molecule has 0 aromatic rings. The molecule has 12 N–H and O–H groups in total. The molecule has 0 aliphatic carbocycles. The largest absolute Gasteiger partial charge is 0.394 e. The van der Waals surface area contributed by atoms with Crippen molar-refractivity contribution in [1.29, 1.82) is 0 Å². The Balaban J connectivity index is 1.27. The monoisotopic (exact) mass is 1130 g/mol. The lowest BCUT2D eigenvalue weighted by atomic mass is 9.96. The summed E-state index contributed by atoms with van der Waals surface area (Å²) < 4.78 is 34.0. The van der Waals surface area contributed by atoms with E-state index < -0.39 is 124 Å². The van der Waals surface area contributed by atoms with Gasteiger partial charge in [-0.05, 0) is 44.9 Å². The van der Waals surface area contributed by atoms with Crippen molar-refractivity contribution >= 4 is 5.91 Å². The Kier molecular flexibility index (Phi) is 39.4. The Morgan fingerprint density at radius 2 is 0.861 bits per heavy atom. The first-order valence-corrected chi connectivity index (χ1v) is 30.7. The van der Waals surface area contributed by atoms with Crippen LogP contribution in [-0.4, -0.2) is 193 Å². The van der Waals surface area contributed by atoms with E-state index in [4.69, 9.17) is 28.4 Å². The first-order valence-electron chi connectivity index (χ1n) is 30.7. The normalized spacial score (nSPS) is 30.5. The van der Waals surface area contributed by atoms with E-state index in [2.05, 4.69) is 36.5 Å². The van der Waals surface area contributed by atoms with Gasteiger partial charge >= 0.3 is 0 Å². The molecular weight excluding hydrogens is 1020 g/mol. The lowest BCUT2D eigenvalue weighted by Crippen LogP contribution is -2.66. The van der Waals surface area contributed by atoms with Crippen molar-refractivity contribution in [3.8, 4) is 0 Å². The Hall–Kier alpha value is -1.99. The lowest BCUT2D eigenvalue weighted by molar-refractivity contribution is -0.379. The molecule has 17 atom stereocenters. The molecule has 3 saturated heterocycles. The highest BCUT2D eigenvalue weighted by atomic mass is 16.8. The van der Waals surface area contributed by atoms with Crippen LogP contribution >= 0.6 is 0 Å². The molecule has 0 saturated carbocycles. The number of unbranched alkanes of at least 4 members (excludes halogenated alkanes) is 25. The summed E-state index contributed by atoms with van der Waals surface area (Å²) in [4.78, 5) is 13.1. The molecule has 79 heavy (non-hydrogen) atoms. The van der Waals surface area contributed by atoms with E-state index in [1.54, 1.807) is 12.2 Å². The molecule has 3 heterocycles. The predicted octanol–water partition coefficient (Wildman–Crippen LogP) is 5.71. The minimum Gasteiger partial charge on any atom is -0.394 e. The molecule has 19 heteroatoms. The average molecular weight is 1130 g/mol. The topological polar surface area (TPSA) is 307 Å². The van der Waals surface area contributed by atoms with Crippen molar-refractivity contribution in [3.05, 3.63) is 36.5 Å². The van der Waals surface area contributed by atoms with Gasteiger partial charge in [-0.3, -0.25) is 4.79 Å². The summed E-state index contributed by atoms with van der Waals surface area (Å²) >= 11 is 0. The highest BCUT2D eigenvalue weighted by Crippen LogP contribution is 2.33. The summed E-state index contributed by atoms with van der Waals surface area (Å²) in [5, 5.41) is 119. The van der Waals surface area contributed by atoms with Crippen LogP contribution in [0.4, 0.5) is 0 Å². The number of hydrogen-bond acceptors (Lipinski definition) is 18. The van der Waals surface area contributed by atoms with Gasteiger partial charge in [-0.15, -0.1) is 0 Å². The third-order valence-electron chi connectivity index (χ3n) is 15.4. The minimum absolute atomic E-state index is 0.242. The molecule has 17 unspecified atom stereocenters. The van der Waals surface area contributed by atoms with Crippen molar-refractivity contribution in [3.63, 3.8) is 0 Å². The maximum absolute atomic E-state index is 13.1. The standard InChI is InChI=1S/C60H109NO18/c1-3-5-7-8-9-10-11-12-13-14-15-16-17-18-19-20-21-22-23-24-25-26-27-28-29-30-31-32-33-34-36-38-48(66)61-43(44(65)37-35-6-4-2)42-74-58-54(72)51(69)56(46(40-63)76-58)79-60-55(73)52(70)57(47(41-64)77-60)78-59-53(71)50(68)49(67)45(39-62)75-59/h11-12,14-15,35,37,43-47,49-60,62-65,67-73H,3-10,13,16-34,36,38-42H2,1-2H3,(H,61,66)/b12-11-,15-14-,37-35+. The van der Waals surface area contributed by atoms with Gasteiger partial charge < -0.3 is 89.9 Å². The average Bonchev–Trinajstić information content (AvgIpc) is 3.50. The SMILES string of the molecule is CCC/C=C/C(O)C(COC1OC(CO)C(OC2OC(CO)C(OC3OC(CO)C(O)C(O)C3O)C(O)C2O)C(O)C1O)NC(=O)CCCCCCCCCCCCCCCCCCCCC/C=C\C/C=C\CCCCCCC. The number of allylic oxidation sites excluding steroid dienone is 5. The maximum Gasteiger partial charge on any atom is 0.220 e. The quantitative estimate of drug-likeness (QED) is 0.0257. The van der Waals surface area contributed by atoms with Gasteiger partial charge in [-0.2, -0.15) is 0 Å². The molecule has 0 bridgehead atoms. The molecule has 462 valence electrons. The number of aliphatic hydroxyl groups is 11. The molecule has 0 aromatic heterocycles. The summed E-state index contributed by atoms with van der Waals surface area (Å²) in [5.41, 5.74) is 0. The molecule has 3 aliphatic heterocycles. The first-order chi connectivity index (χ1) is 38.3. The summed E-state index contributed by atoms with van der Waals surface area (Å²) in [6, 6.07) is -0.966. The molecule has 3 aliphatic rings. The minimum atomic E-state index is -1.97. The van der Waals surface area contributed by atoms with Crippen molar-refractivity contribution in [2.45, 2.75) is 311 Å². The molecular formula is C60H109NO18. The molecule has 0 radical (unpaired) electrons. The Morgan fingerprint density at radius 1 is 0.456 bits per heavy atom. The van der Waals surface area contributed by atoms with Gasteiger partial charge in [-0.25, -0.2) is 0 Å². The van der Waals surface area contributed by atoms with E-state index >= 15 is 0 Å². The van der Waals surface area contributed by atoms with Gasteiger partial charge in [0.25, 0.3) is 0 Å². The Bertz CT molecular complexity index is 1590. The fourth-order valence-corrected chi connectivity index (χ4v) is 10.3. The van der Waals surface area contributed by atoms with Crippen LogP contribution in [0.25, 0.3) is 0 Å². The van der Waals surface area contributed by atoms with Gasteiger partial charge in [0.2, 0.25) is 5.91 Å². The van der Waals surface area contributed by atoms with Crippen LogP contribution in [0.3, 0.4) is 0 Å². The van der Waals surface area contributed by atoms with Crippen molar-refractivity contribution < 1.29 is 89.4 Å². The zero-order valence-corrected chi connectivity index (χ0v) is 48.1. The highest BCUT2D eigenvalue weighted by Gasteiger charge is 2.53. The molecule has 19 nitrogen and oxygen atoms in total. The molecule has 0 spiro atoms. The van der Waals surface area contributed by atoms with Crippen LogP contribution in [0.2, 0.25) is 0 Å². The van der Waals surface area contributed by atoms with Gasteiger partial charge in [0.05, 0.1) is 38.6 Å². The second-order valence-corrected chi connectivity index (χ2v) is 22.2. The number of nitrogens with one attached hydrogen (secondary N) is 1. The number of hydrogen-bond donors (Lipinski definition) is 12. The van der Waals surface area contributed by atoms with E-state index in [0.29, 0.717) is 12.8 Å². The highest BCUT2D eigenvalue weighted by molar-refractivity contribution is 5.76. The second kappa shape index (κ2) is 43.6. The van der Waals surface area contributed by atoms with Crippen LogP contribution in [0.5, 0.6) is 0 Å². The fourth-order valence-electron chi connectivity index (χ4n) is 10.3. The zero-order valence-electron chi connectivity index (χ0n) is 48.1. The van der Waals surface area contributed by atoms with Crippen LogP contribution in [0.1, 0.15) is 206 Å². The molecule has 0 aromatic carbocycles. The van der Waals surface area contributed by atoms with E-state index in [1.807, 2.05) is 6.92 Å². The predicted molar refractivity (Wildman–Crippen MR) is 300 cm³/mol. The Labute approximate surface area is 472 Å². The van der Waals surface area contributed by atoms with Crippen LogP contribution in [-0.2, 0) is 33.2 Å². The van der Waals surface area contributed by atoms with Crippen LogP contribution in [0, 0.1) is 0 Å².